The number of rotatable bonds is 6. The number of nitrogens with zero attached hydrogens (tertiary/aromatic N) is 1. The molecule has 0 heterocycles. The smallest absolute Gasteiger partial charge is 0.275 e. The number of thioether (sulfide) groups is 1. The molecule has 2 rings (SSSR count). The first kappa shape index (κ1) is 17.9. The number of nitro benzene ring substituents is 1. The minimum Gasteiger partial charge on any atom is -0.352 e. The van der Waals surface area contributed by atoms with E-state index in [-0.39, 0.29) is 6.54 Å². The van der Waals surface area contributed by atoms with Gasteiger partial charge in [0.25, 0.3) is 5.69 Å². The molecule has 0 aliphatic rings. The third-order valence-corrected chi connectivity index (χ3v) is 4.07. The lowest BCUT2D eigenvalue weighted by atomic mass is 10.1. The fourth-order valence-electron chi connectivity index (χ4n) is 2.03. The fraction of sp³-hybridized carbons (Fsp3) is 0.188. The molecule has 126 valence electrons. The number of amides is 1. The Balaban J connectivity index is 2.00. The van der Waals surface area contributed by atoms with E-state index in [0.29, 0.717) is 12.1 Å². The Morgan fingerprint density at radius 1 is 1.21 bits per heavy atom. The molecular formula is C16H14F2N2O3S. The summed E-state index contributed by atoms with van der Waals surface area (Å²) in [4.78, 5) is 22.6. The van der Waals surface area contributed by atoms with Crippen molar-refractivity contribution in [2.24, 2.45) is 0 Å². The van der Waals surface area contributed by atoms with E-state index in [2.05, 4.69) is 5.32 Å². The number of carbonyl (C=O) groups is 1. The number of carbonyl (C=O) groups excluding carboxylic acids is 1. The van der Waals surface area contributed by atoms with Crippen LogP contribution in [-0.4, -0.2) is 17.1 Å². The number of hydrogen-bond acceptors (Lipinski definition) is 4. The third kappa shape index (κ3) is 4.51. The Kier molecular flexibility index (Phi) is 5.86. The van der Waals surface area contributed by atoms with Gasteiger partial charge in [0.05, 0.1) is 23.5 Å². The molecule has 2 aromatic carbocycles. The lowest BCUT2D eigenvalue weighted by Crippen LogP contribution is -2.25. The molecule has 8 heteroatoms. The number of nitro groups is 1. The van der Waals surface area contributed by atoms with E-state index in [0.717, 1.165) is 10.5 Å². The molecule has 0 aliphatic carbocycles. The monoisotopic (exact) mass is 352 g/mol. The molecule has 0 aromatic heterocycles. The topological polar surface area (TPSA) is 72.2 Å². The van der Waals surface area contributed by atoms with Gasteiger partial charge >= 0.3 is 0 Å². The van der Waals surface area contributed by atoms with Crippen molar-refractivity contribution in [2.75, 3.05) is 6.26 Å². The van der Waals surface area contributed by atoms with E-state index in [1.807, 2.05) is 30.5 Å². The van der Waals surface area contributed by atoms with Gasteiger partial charge in [-0.25, -0.2) is 8.78 Å². The zero-order valence-corrected chi connectivity index (χ0v) is 13.5. The van der Waals surface area contributed by atoms with Crippen LogP contribution in [0.4, 0.5) is 14.5 Å². The van der Waals surface area contributed by atoms with E-state index in [9.17, 15) is 23.7 Å². The van der Waals surface area contributed by atoms with Gasteiger partial charge in [0.1, 0.15) is 11.6 Å². The van der Waals surface area contributed by atoms with Crippen LogP contribution >= 0.6 is 11.8 Å². The van der Waals surface area contributed by atoms with Crippen molar-refractivity contribution < 1.29 is 18.5 Å². The lowest BCUT2D eigenvalue weighted by Gasteiger charge is -2.08. The number of nitrogens with one attached hydrogen (secondary N) is 1. The number of benzene rings is 2. The summed E-state index contributed by atoms with van der Waals surface area (Å²) in [5, 5.41) is 13.1. The van der Waals surface area contributed by atoms with Crippen LogP contribution in [0.5, 0.6) is 0 Å². The molecule has 0 saturated carbocycles. The third-order valence-electron chi connectivity index (χ3n) is 3.32. The highest BCUT2D eigenvalue weighted by molar-refractivity contribution is 7.98. The lowest BCUT2D eigenvalue weighted by molar-refractivity contribution is -0.385. The van der Waals surface area contributed by atoms with Crippen molar-refractivity contribution >= 4 is 23.4 Å². The molecule has 0 spiro atoms. The second-order valence-corrected chi connectivity index (χ2v) is 5.83. The van der Waals surface area contributed by atoms with Crippen LogP contribution in [0.2, 0.25) is 0 Å². The van der Waals surface area contributed by atoms with Gasteiger partial charge < -0.3 is 5.32 Å². The largest absolute Gasteiger partial charge is 0.352 e. The molecule has 0 fully saturated rings. The second kappa shape index (κ2) is 7.87. The van der Waals surface area contributed by atoms with Gasteiger partial charge in [0.2, 0.25) is 5.91 Å². The maximum atomic E-state index is 13.8. The average molecular weight is 352 g/mol. The Hall–Kier alpha value is -2.48. The normalized spacial score (nSPS) is 10.5. The summed E-state index contributed by atoms with van der Waals surface area (Å²) in [6.07, 6.45) is 1.42. The Morgan fingerprint density at radius 3 is 2.29 bits per heavy atom. The SMILES string of the molecule is CSc1ccc(CNC(=O)Cc2c(F)cc([N+](=O)[O-])cc2F)cc1. The molecule has 0 saturated heterocycles. The zero-order valence-electron chi connectivity index (χ0n) is 12.7. The van der Waals surface area contributed by atoms with Gasteiger partial charge in [-0.2, -0.15) is 0 Å². The standard InChI is InChI=1S/C16H14F2N2O3S/c1-24-12-4-2-10(3-5-12)9-19-16(21)8-13-14(17)6-11(20(22)23)7-15(13)18/h2-7H,8-9H2,1H3,(H,19,21). The van der Waals surface area contributed by atoms with Crippen LogP contribution in [0.1, 0.15) is 11.1 Å². The van der Waals surface area contributed by atoms with Crippen LogP contribution < -0.4 is 5.32 Å². The van der Waals surface area contributed by atoms with Gasteiger partial charge in [-0.15, -0.1) is 11.8 Å². The molecule has 0 aliphatic heterocycles. The van der Waals surface area contributed by atoms with Crippen molar-refractivity contribution in [1.82, 2.24) is 5.32 Å². The van der Waals surface area contributed by atoms with E-state index >= 15 is 0 Å². The highest BCUT2D eigenvalue weighted by Crippen LogP contribution is 2.21. The zero-order chi connectivity index (χ0) is 17.7. The van der Waals surface area contributed by atoms with Gasteiger partial charge in [-0.3, -0.25) is 14.9 Å². The van der Waals surface area contributed by atoms with Crippen LogP contribution in [0.15, 0.2) is 41.3 Å². The van der Waals surface area contributed by atoms with Crippen LogP contribution in [-0.2, 0) is 17.8 Å². The molecule has 0 radical (unpaired) electrons. The molecule has 2 aromatic rings. The molecular weight excluding hydrogens is 338 g/mol. The summed E-state index contributed by atoms with van der Waals surface area (Å²) < 4.78 is 27.5. The first-order chi connectivity index (χ1) is 11.4. The first-order valence-corrected chi connectivity index (χ1v) is 8.15. The molecule has 5 nitrogen and oxygen atoms in total. The maximum Gasteiger partial charge on any atom is 0.275 e. The average Bonchev–Trinajstić information content (AvgIpc) is 2.56. The van der Waals surface area contributed by atoms with Crippen molar-refractivity contribution in [3.8, 4) is 0 Å². The second-order valence-electron chi connectivity index (χ2n) is 4.95. The van der Waals surface area contributed by atoms with Crippen LogP contribution in [0.3, 0.4) is 0 Å². The van der Waals surface area contributed by atoms with Crippen molar-refractivity contribution in [2.45, 2.75) is 17.9 Å². The molecule has 0 atom stereocenters. The Morgan fingerprint density at radius 2 is 1.79 bits per heavy atom. The van der Waals surface area contributed by atoms with E-state index in [1.54, 1.807) is 11.8 Å². The van der Waals surface area contributed by atoms with Crippen molar-refractivity contribution in [1.29, 1.82) is 0 Å². The van der Waals surface area contributed by atoms with Crippen LogP contribution in [0.25, 0.3) is 0 Å². The summed E-state index contributed by atoms with van der Waals surface area (Å²) in [5.41, 5.74) is -0.329. The Labute approximate surface area is 141 Å². The van der Waals surface area contributed by atoms with Gasteiger partial charge in [0.15, 0.2) is 0 Å². The summed E-state index contributed by atoms with van der Waals surface area (Å²) in [6.45, 7) is 0.226. The minimum absolute atomic E-state index is 0.226. The fourth-order valence-corrected chi connectivity index (χ4v) is 2.44. The predicted molar refractivity (Wildman–Crippen MR) is 86.8 cm³/mol. The molecule has 1 N–H and O–H groups in total. The molecule has 0 bridgehead atoms. The quantitative estimate of drug-likeness (QED) is 0.491. The number of non-ortho nitro benzene ring substituents is 1. The van der Waals surface area contributed by atoms with Gasteiger partial charge in [-0.1, -0.05) is 12.1 Å². The summed E-state index contributed by atoms with van der Waals surface area (Å²) in [5.74, 6) is -2.79. The molecule has 0 unspecified atom stereocenters. The summed E-state index contributed by atoms with van der Waals surface area (Å²) >= 11 is 1.59. The summed E-state index contributed by atoms with van der Waals surface area (Å²) in [7, 11) is 0. The Bertz CT molecular complexity index is 743. The number of halogens is 2. The van der Waals surface area contributed by atoms with Crippen molar-refractivity contribution in [3.63, 3.8) is 0 Å². The highest BCUT2D eigenvalue weighted by Gasteiger charge is 2.19. The van der Waals surface area contributed by atoms with Crippen LogP contribution in [0, 0.1) is 21.7 Å². The van der Waals surface area contributed by atoms with Gasteiger partial charge in [0, 0.05) is 17.0 Å². The van der Waals surface area contributed by atoms with E-state index in [1.165, 1.54) is 0 Å². The molecule has 24 heavy (non-hydrogen) atoms. The van der Waals surface area contributed by atoms with Gasteiger partial charge in [-0.05, 0) is 24.0 Å². The minimum atomic E-state index is -1.11. The highest BCUT2D eigenvalue weighted by atomic mass is 32.2. The van der Waals surface area contributed by atoms with E-state index in [4.69, 9.17) is 0 Å². The summed E-state index contributed by atoms with van der Waals surface area (Å²) in [6, 6.07) is 8.71. The first-order valence-electron chi connectivity index (χ1n) is 6.92. The predicted octanol–water partition coefficient (Wildman–Crippen LogP) is 3.45. The number of hydrogen-bond donors (Lipinski definition) is 1. The molecule has 1 amide bonds. The van der Waals surface area contributed by atoms with E-state index < -0.39 is 40.1 Å². The van der Waals surface area contributed by atoms with Crippen molar-refractivity contribution in [3.05, 3.63) is 69.3 Å². The maximum absolute atomic E-state index is 13.8.